The minimum absolute atomic E-state index is 0.102. The standard InChI is InChI=1S/C27H24Cl2FN3O3/c1-3-32(4-2)27(35)36-23-13-12-22-18(14-15-33(22)16-17-8-5-6-11-21(17)30)25(23)31-26(34)24-19(28)9-7-10-20(24)29/h5-15H,3-4,16H2,1-2H3,(H,31,34). The quantitative estimate of drug-likeness (QED) is 0.275. The number of carbonyl (C=O) groups excluding carboxylic acids is 2. The molecule has 3 aromatic carbocycles. The Morgan fingerprint density at radius 2 is 1.67 bits per heavy atom. The molecule has 0 saturated carbocycles. The highest BCUT2D eigenvalue weighted by Crippen LogP contribution is 2.36. The first-order chi connectivity index (χ1) is 17.3. The molecular weight excluding hydrogens is 504 g/mol. The molecule has 6 nitrogen and oxygen atoms in total. The zero-order chi connectivity index (χ0) is 25.8. The van der Waals surface area contributed by atoms with Crippen LogP contribution >= 0.6 is 23.2 Å². The number of ether oxygens (including phenoxy) is 1. The number of rotatable bonds is 7. The third-order valence-electron chi connectivity index (χ3n) is 5.86. The zero-order valence-electron chi connectivity index (χ0n) is 19.7. The van der Waals surface area contributed by atoms with E-state index in [0.717, 1.165) is 0 Å². The highest BCUT2D eigenvalue weighted by Gasteiger charge is 2.22. The maximum absolute atomic E-state index is 14.3. The summed E-state index contributed by atoms with van der Waals surface area (Å²) in [4.78, 5) is 27.5. The Morgan fingerprint density at radius 3 is 2.33 bits per heavy atom. The molecule has 0 aliphatic rings. The fourth-order valence-electron chi connectivity index (χ4n) is 3.95. The van der Waals surface area contributed by atoms with Crippen molar-refractivity contribution in [1.82, 2.24) is 9.47 Å². The van der Waals surface area contributed by atoms with Gasteiger partial charge in [-0.15, -0.1) is 0 Å². The second-order valence-corrected chi connectivity index (χ2v) is 8.81. The minimum Gasteiger partial charge on any atom is -0.408 e. The lowest BCUT2D eigenvalue weighted by molar-refractivity contribution is 0.102. The lowest BCUT2D eigenvalue weighted by atomic mass is 10.1. The topological polar surface area (TPSA) is 63.6 Å². The van der Waals surface area contributed by atoms with Crippen molar-refractivity contribution in [2.75, 3.05) is 18.4 Å². The molecule has 1 aromatic heterocycles. The van der Waals surface area contributed by atoms with Crippen LogP contribution in [0.4, 0.5) is 14.9 Å². The summed E-state index contributed by atoms with van der Waals surface area (Å²) in [5.74, 6) is -0.703. The van der Waals surface area contributed by atoms with Crippen molar-refractivity contribution in [1.29, 1.82) is 0 Å². The van der Waals surface area contributed by atoms with Crippen molar-refractivity contribution in [2.24, 2.45) is 0 Å². The van der Waals surface area contributed by atoms with E-state index in [1.54, 1.807) is 60.8 Å². The van der Waals surface area contributed by atoms with Crippen LogP contribution < -0.4 is 10.1 Å². The maximum Gasteiger partial charge on any atom is 0.415 e. The third-order valence-corrected chi connectivity index (χ3v) is 6.49. The predicted molar refractivity (Wildman–Crippen MR) is 141 cm³/mol. The number of aromatic nitrogens is 1. The van der Waals surface area contributed by atoms with Gasteiger partial charge < -0.3 is 19.5 Å². The Balaban J connectivity index is 1.78. The summed E-state index contributed by atoms with van der Waals surface area (Å²) in [6.07, 6.45) is 1.24. The molecule has 0 saturated heterocycles. The molecule has 0 bridgehead atoms. The normalized spacial score (nSPS) is 10.9. The molecule has 1 N–H and O–H groups in total. The van der Waals surface area contributed by atoms with Gasteiger partial charge >= 0.3 is 6.09 Å². The summed E-state index contributed by atoms with van der Waals surface area (Å²) in [5.41, 5.74) is 1.60. The molecule has 0 atom stereocenters. The number of benzene rings is 3. The molecule has 9 heteroatoms. The van der Waals surface area contributed by atoms with Crippen LogP contribution in [-0.2, 0) is 6.54 Å². The van der Waals surface area contributed by atoms with Gasteiger partial charge in [0.05, 0.1) is 33.4 Å². The molecule has 4 aromatic rings. The molecule has 36 heavy (non-hydrogen) atoms. The lowest BCUT2D eigenvalue weighted by Gasteiger charge is -2.20. The van der Waals surface area contributed by atoms with Gasteiger partial charge in [-0.2, -0.15) is 0 Å². The van der Waals surface area contributed by atoms with Crippen molar-refractivity contribution in [2.45, 2.75) is 20.4 Å². The molecule has 0 fully saturated rings. The first-order valence-corrected chi connectivity index (χ1v) is 12.2. The summed E-state index contributed by atoms with van der Waals surface area (Å²) in [7, 11) is 0. The van der Waals surface area contributed by atoms with Gasteiger partial charge in [0.2, 0.25) is 0 Å². The van der Waals surface area contributed by atoms with E-state index >= 15 is 0 Å². The van der Waals surface area contributed by atoms with E-state index in [1.807, 2.05) is 18.4 Å². The fraction of sp³-hybridized carbons (Fsp3) is 0.185. The SMILES string of the molecule is CCN(CC)C(=O)Oc1ccc2c(ccn2Cc2ccccc2F)c1NC(=O)c1c(Cl)cccc1Cl. The van der Waals surface area contributed by atoms with E-state index in [9.17, 15) is 14.0 Å². The number of nitrogens with zero attached hydrogens (tertiary/aromatic N) is 2. The third kappa shape index (κ3) is 5.17. The van der Waals surface area contributed by atoms with Crippen molar-refractivity contribution in [3.05, 3.63) is 93.8 Å². The summed E-state index contributed by atoms with van der Waals surface area (Å²) < 4.78 is 21.8. The van der Waals surface area contributed by atoms with Crippen LogP contribution in [0.3, 0.4) is 0 Å². The largest absolute Gasteiger partial charge is 0.415 e. The first kappa shape index (κ1) is 25.5. The molecule has 0 aliphatic heterocycles. The Morgan fingerprint density at radius 1 is 0.972 bits per heavy atom. The molecule has 0 aliphatic carbocycles. The van der Waals surface area contributed by atoms with Crippen LogP contribution in [-0.4, -0.2) is 34.6 Å². The van der Waals surface area contributed by atoms with Crippen molar-refractivity contribution >= 4 is 51.8 Å². The van der Waals surface area contributed by atoms with Crippen LogP contribution in [0, 0.1) is 5.82 Å². The summed E-state index contributed by atoms with van der Waals surface area (Å²) in [5, 5.41) is 3.81. The number of carbonyl (C=O) groups is 2. The Bertz CT molecular complexity index is 1410. The first-order valence-electron chi connectivity index (χ1n) is 11.4. The Labute approximate surface area is 218 Å². The number of hydrogen-bond donors (Lipinski definition) is 1. The average molecular weight is 528 g/mol. The number of hydrogen-bond acceptors (Lipinski definition) is 3. The fourth-order valence-corrected chi connectivity index (χ4v) is 4.51. The summed E-state index contributed by atoms with van der Waals surface area (Å²) in [6.45, 7) is 4.90. The minimum atomic E-state index is -0.555. The highest BCUT2D eigenvalue weighted by atomic mass is 35.5. The average Bonchev–Trinajstić information content (AvgIpc) is 3.25. The number of halogens is 3. The van der Waals surface area contributed by atoms with Gasteiger partial charge in [0, 0.05) is 30.2 Å². The van der Waals surface area contributed by atoms with Crippen LogP contribution in [0.5, 0.6) is 5.75 Å². The molecule has 0 radical (unpaired) electrons. The number of amides is 2. The molecule has 1 heterocycles. The van der Waals surface area contributed by atoms with Crippen molar-refractivity contribution in [3.63, 3.8) is 0 Å². The molecule has 0 unspecified atom stereocenters. The van der Waals surface area contributed by atoms with Gasteiger partial charge in [0.15, 0.2) is 5.75 Å². The van der Waals surface area contributed by atoms with E-state index in [4.69, 9.17) is 27.9 Å². The predicted octanol–water partition coefficient (Wildman–Crippen LogP) is 7.23. The van der Waals surface area contributed by atoms with Gasteiger partial charge in [-0.1, -0.05) is 47.5 Å². The van der Waals surface area contributed by atoms with Gasteiger partial charge in [0.1, 0.15) is 5.82 Å². The molecule has 4 rings (SSSR count). The molecule has 186 valence electrons. The summed E-state index contributed by atoms with van der Waals surface area (Å²) in [6, 6.07) is 16.4. The smallest absolute Gasteiger partial charge is 0.408 e. The van der Waals surface area contributed by atoms with Crippen LogP contribution in [0.15, 0.2) is 66.9 Å². The number of fused-ring (bicyclic) bond motifs is 1. The zero-order valence-corrected chi connectivity index (χ0v) is 21.2. The van der Waals surface area contributed by atoms with Crippen LogP contribution in [0.2, 0.25) is 10.0 Å². The second kappa shape index (κ2) is 11.0. The number of anilines is 1. The summed E-state index contributed by atoms with van der Waals surface area (Å²) >= 11 is 12.5. The lowest BCUT2D eigenvalue weighted by Crippen LogP contribution is -2.33. The maximum atomic E-state index is 14.3. The molecular formula is C27H24Cl2FN3O3. The Hall–Kier alpha value is -3.55. The van der Waals surface area contributed by atoms with Crippen LogP contribution in [0.1, 0.15) is 29.8 Å². The van der Waals surface area contributed by atoms with Crippen molar-refractivity contribution < 1.29 is 18.7 Å². The number of nitrogens with one attached hydrogen (secondary N) is 1. The van der Waals surface area contributed by atoms with Gasteiger partial charge in [-0.25, -0.2) is 9.18 Å². The molecule has 0 spiro atoms. The monoisotopic (exact) mass is 527 g/mol. The van der Waals surface area contributed by atoms with E-state index in [1.165, 1.54) is 11.0 Å². The van der Waals surface area contributed by atoms with Gasteiger partial charge in [0.25, 0.3) is 5.91 Å². The van der Waals surface area contributed by atoms with Gasteiger partial charge in [-0.05, 0) is 50.2 Å². The highest BCUT2D eigenvalue weighted by molar-refractivity contribution is 6.40. The van der Waals surface area contributed by atoms with E-state index in [0.29, 0.717) is 29.6 Å². The van der Waals surface area contributed by atoms with Crippen LogP contribution in [0.25, 0.3) is 10.9 Å². The van der Waals surface area contributed by atoms with E-state index in [-0.39, 0.29) is 39.4 Å². The molecule has 2 amide bonds. The Kier molecular flexibility index (Phi) is 7.82. The van der Waals surface area contributed by atoms with E-state index < -0.39 is 12.0 Å². The van der Waals surface area contributed by atoms with E-state index in [2.05, 4.69) is 5.32 Å². The van der Waals surface area contributed by atoms with Crippen molar-refractivity contribution in [3.8, 4) is 5.75 Å². The second-order valence-electron chi connectivity index (χ2n) is 8.00. The van der Waals surface area contributed by atoms with Gasteiger partial charge in [-0.3, -0.25) is 4.79 Å².